The van der Waals surface area contributed by atoms with Crippen LogP contribution in [0.3, 0.4) is 0 Å². The van der Waals surface area contributed by atoms with Crippen LogP contribution in [-0.2, 0) is 6.54 Å². The summed E-state index contributed by atoms with van der Waals surface area (Å²) in [6.07, 6.45) is -4.56. The molecule has 0 aromatic heterocycles. The zero-order valence-electron chi connectivity index (χ0n) is 10.3. The van der Waals surface area contributed by atoms with Gasteiger partial charge in [0.25, 0.3) is 0 Å². The first-order chi connectivity index (χ1) is 9.10. The number of hydrogen-bond donors (Lipinski definition) is 5. The summed E-state index contributed by atoms with van der Waals surface area (Å²) in [5, 5.41) is 48.9. The molecule has 5 N–H and O–H groups in total. The number of rotatable bonds is 7. The maximum Gasteiger partial charge on any atom is 0.124 e. The SMILES string of the molecule is N#C[C@@H](NCc1ccccc1)[C@H](O)[C@H](O)[C@H](O)CO. The molecule has 0 unspecified atom stereocenters. The van der Waals surface area contributed by atoms with Crippen molar-refractivity contribution in [1.29, 1.82) is 5.26 Å². The van der Waals surface area contributed by atoms with E-state index in [2.05, 4.69) is 5.32 Å². The summed E-state index contributed by atoms with van der Waals surface area (Å²) >= 11 is 0. The first-order valence-corrected chi connectivity index (χ1v) is 5.92. The molecule has 0 fully saturated rings. The van der Waals surface area contributed by atoms with E-state index in [9.17, 15) is 15.3 Å². The quantitative estimate of drug-likeness (QED) is 0.421. The molecular weight excluding hydrogens is 248 g/mol. The molecule has 4 atom stereocenters. The van der Waals surface area contributed by atoms with Crippen LogP contribution < -0.4 is 5.32 Å². The lowest BCUT2D eigenvalue weighted by Crippen LogP contribution is -2.50. The molecule has 6 heteroatoms. The number of aliphatic hydroxyl groups is 4. The van der Waals surface area contributed by atoms with Crippen molar-refractivity contribution >= 4 is 0 Å². The number of nitriles is 1. The predicted octanol–water partition coefficient (Wildman–Crippen LogP) is -1.26. The van der Waals surface area contributed by atoms with E-state index in [0.29, 0.717) is 6.54 Å². The van der Waals surface area contributed by atoms with Gasteiger partial charge in [-0.3, -0.25) is 5.32 Å². The predicted molar refractivity (Wildman–Crippen MR) is 67.8 cm³/mol. The van der Waals surface area contributed by atoms with Gasteiger partial charge in [0.1, 0.15) is 24.4 Å². The van der Waals surface area contributed by atoms with Crippen molar-refractivity contribution in [1.82, 2.24) is 5.32 Å². The molecule has 1 rings (SSSR count). The molecule has 6 nitrogen and oxygen atoms in total. The third-order valence-electron chi connectivity index (χ3n) is 2.78. The lowest BCUT2D eigenvalue weighted by molar-refractivity contribution is -0.0816. The van der Waals surface area contributed by atoms with E-state index < -0.39 is 31.0 Å². The Labute approximate surface area is 111 Å². The molecule has 0 aliphatic heterocycles. The maximum absolute atomic E-state index is 9.75. The molecule has 0 heterocycles. The van der Waals surface area contributed by atoms with E-state index in [4.69, 9.17) is 10.4 Å². The average Bonchev–Trinajstić information content (AvgIpc) is 2.47. The zero-order chi connectivity index (χ0) is 14.3. The average molecular weight is 266 g/mol. The molecule has 1 aromatic rings. The second-order valence-electron chi connectivity index (χ2n) is 4.20. The van der Waals surface area contributed by atoms with Crippen LogP contribution in [0.15, 0.2) is 30.3 Å². The monoisotopic (exact) mass is 266 g/mol. The number of nitrogens with zero attached hydrogens (tertiary/aromatic N) is 1. The third-order valence-corrected chi connectivity index (χ3v) is 2.78. The van der Waals surface area contributed by atoms with Crippen LogP contribution in [0.4, 0.5) is 0 Å². The first-order valence-electron chi connectivity index (χ1n) is 5.92. The van der Waals surface area contributed by atoms with Crippen LogP contribution in [0.2, 0.25) is 0 Å². The summed E-state index contributed by atoms with van der Waals surface area (Å²) in [4.78, 5) is 0. The van der Waals surface area contributed by atoms with Gasteiger partial charge in [0.15, 0.2) is 0 Å². The summed E-state index contributed by atoms with van der Waals surface area (Å²) in [5.41, 5.74) is 0.923. The van der Waals surface area contributed by atoms with Crippen molar-refractivity contribution in [3.05, 3.63) is 35.9 Å². The molecule has 0 amide bonds. The highest BCUT2D eigenvalue weighted by Crippen LogP contribution is 2.06. The van der Waals surface area contributed by atoms with Crippen molar-refractivity contribution in [2.45, 2.75) is 30.9 Å². The molecule has 0 bridgehead atoms. The molecule has 0 saturated carbocycles. The fraction of sp³-hybridized carbons (Fsp3) is 0.462. The van der Waals surface area contributed by atoms with E-state index in [1.54, 1.807) is 0 Å². The molecular formula is C13H18N2O4. The lowest BCUT2D eigenvalue weighted by atomic mass is 10.0. The molecule has 0 radical (unpaired) electrons. The Morgan fingerprint density at radius 2 is 1.74 bits per heavy atom. The summed E-state index contributed by atoms with van der Waals surface area (Å²) in [5.74, 6) is 0. The first kappa shape index (κ1) is 15.6. The van der Waals surface area contributed by atoms with E-state index in [-0.39, 0.29) is 0 Å². The van der Waals surface area contributed by atoms with Crippen molar-refractivity contribution in [2.75, 3.05) is 6.61 Å². The fourth-order valence-corrected chi connectivity index (χ4v) is 1.60. The number of aliphatic hydroxyl groups excluding tert-OH is 4. The van der Waals surface area contributed by atoms with Crippen LogP contribution in [0.5, 0.6) is 0 Å². The Bertz CT molecular complexity index is 407. The van der Waals surface area contributed by atoms with Crippen molar-refractivity contribution in [2.24, 2.45) is 0 Å². The number of benzene rings is 1. The standard InChI is InChI=1S/C13H18N2O4/c14-6-10(12(18)13(19)11(17)8-16)15-7-9-4-2-1-3-5-9/h1-5,10-13,15-19H,7-8H2/t10-,11-,12+,13-/m1/s1. The molecule has 0 saturated heterocycles. The van der Waals surface area contributed by atoms with Gasteiger partial charge < -0.3 is 20.4 Å². The van der Waals surface area contributed by atoms with Crippen LogP contribution >= 0.6 is 0 Å². The van der Waals surface area contributed by atoms with E-state index in [1.807, 2.05) is 36.4 Å². The number of hydrogen-bond acceptors (Lipinski definition) is 6. The van der Waals surface area contributed by atoms with Crippen molar-refractivity contribution < 1.29 is 20.4 Å². The molecule has 0 aliphatic rings. The fourth-order valence-electron chi connectivity index (χ4n) is 1.60. The van der Waals surface area contributed by atoms with Gasteiger partial charge in [-0.2, -0.15) is 5.26 Å². The summed E-state index contributed by atoms with van der Waals surface area (Å²) in [7, 11) is 0. The van der Waals surface area contributed by atoms with Gasteiger partial charge in [0.05, 0.1) is 12.7 Å². The van der Waals surface area contributed by atoms with Gasteiger partial charge in [0, 0.05) is 6.54 Å². The third kappa shape index (κ3) is 4.59. The minimum absolute atomic E-state index is 0.345. The smallest absolute Gasteiger partial charge is 0.124 e. The maximum atomic E-state index is 9.75. The van der Waals surface area contributed by atoms with Crippen LogP contribution in [0, 0.1) is 11.3 Å². The van der Waals surface area contributed by atoms with Gasteiger partial charge >= 0.3 is 0 Å². The highest BCUT2D eigenvalue weighted by molar-refractivity contribution is 5.15. The minimum Gasteiger partial charge on any atom is -0.394 e. The van der Waals surface area contributed by atoms with Crippen LogP contribution in [0.1, 0.15) is 5.56 Å². The summed E-state index contributed by atoms with van der Waals surface area (Å²) < 4.78 is 0. The molecule has 0 aliphatic carbocycles. The van der Waals surface area contributed by atoms with Crippen LogP contribution in [-0.4, -0.2) is 51.4 Å². The molecule has 0 spiro atoms. The minimum atomic E-state index is -1.59. The second-order valence-corrected chi connectivity index (χ2v) is 4.20. The largest absolute Gasteiger partial charge is 0.394 e. The highest BCUT2D eigenvalue weighted by Gasteiger charge is 2.30. The Balaban J connectivity index is 2.56. The van der Waals surface area contributed by atoms with Gasteiger partial charge in [-0.15, -0.1) is 0 Å². The molecule has 104 valence electrons. The molecule has 1 aromatic carbocycles. The Kier molecular flexibility index (Phi) is 6.42. The van der Waals surface area contributed by atoms with E-state index in [0.717, 1.165) is 5.56 Å². The zero-order valence-corrected chi connectivity index (χ0v) is 10.3. The topological polar surface area (TPSA) is 117 Å². The van der Waals surface area contributed by atoms with Gasteiger partial charge in [-0.1, -0.05) is 30.3 Å². The van der Waals surface area contributed by atoms with Gasteiger partial charge in [-0.05, 0) is 5.56 Å². The summed E-state index contributed by atoms with van der Waals surface area (Å²) in [6, 6.07) is 10.0. The normalized spacial score (nSPS) is 17.2. The number of nitrogens with one attached hydrogen (secondary N) is 1. The molecule has 19 heavy (non-hydrogen) atoms. The van der Waals surface area contributed by atoms with Gasteiger partial charge in [0.2, 0.25) is 0 Å². The second kappa shape index (κ2) is 7.84. The van der Waals surface area contributed by atoms with E-state index >= 15 is 0 Å². The summed E-state index contributed by atoms with van der Waals surface area (Å²) in [6.45, 7) is -0.340. The Morgan fingerprint density at radius 3 is 2.26 bits per heavy atom. The van der Waals surface area contributed by atoms with E-state index in [1.165, 1.54) is 0 Å². The Morgan fingerprint density at radius 1 is 1.11 bits per heavy atom. The highest BCUT2D eigenvalue weighted by atomic mass is 16.4. The van der Waals surface area contributed by atoms with Crippen molar-refractivity contribution in [3.8, 4) is 6.07 Å². The Hall–Kier alpha value is -1.49. The van der Waals surface area contributed by atoms with Crippen LogP contribution in [0.25, 0.3) is 0 Å². The van der Waals surface area contributed by atoms with Crippen molar-refractivity contribution in [3.63, 3.8) is 0 Å². The lowest BCUT2D eigenvalue weighted by Gasteiger charge is -2.25. The van der Waals surface area contributed by atoms with Gasteiger partial charge in [-0.25, -0.2) is 0 Å².